The lowest BCUT2D eigenvalue weighted by Gasteiger charge is -2.40. The van der Waals surface area contributed by atoms with E-state index in [1.54, 1.807) is 30.3 Å². The molecule has 2 heterocycles. The summed E-state index contributed by atoms with van der Waals surface area (Å²) in [6.07, 6.45) is 3.97. The van der Waals surface area contributed by atoms with Gasteiger partial charge >= 0.3 is 6.03 Å². The van der Waals surface area contributed by atoms with Gasteiger partial charge in [-0.25, -0.2) is 4.79 Å². The Morgan fingerprint density at radius 2 is 1.80 bits per heavy atom. The number of rotatable bonds is 3. The van der Waals surface area contributed by atoms with Crippen LogP contribution in [0.3, 0.4) is 0 Å². The van der Waals surface area contributed by atoms with Gasteiger partial charge in [0.2, 0.25) is 0 Å². The van der Waals surface area contributed by atoms with Gasteiger partial charge in [0, 0.05) is 23.3 Å². The maximum Gasteiger partial charge on any atom is 0.329 e. The van der Waals surface area contributed by atoms with Crippen molar-refractivity contribution >= 4 is 40.9 Å². The van der Waals surface area contributed by atoms with Gasteiger partial charge in [-0.3, -0.25) is 9.69 Å². The molecule has 1 fully saturated rings. The molecular weight excluding hydrogens is 398 g/mol. The Bertz CT molecular complexity index is 1100. The molecule has 0 atom stereocenters. The largest absolute Gasteiger partial charge is 0.366 e. The SMILES string of the molecule is CC1=CC(C)(C)N(C)c2ccc(/C=C3\NC(=O)N(Cc4ccc(Cl)cc4)C3=O)cc21. The number of amides is 3. The minimum atomic E-state index is -0.420. The standard InChI is InChI=1S/C24H24ClN3O2/c1-15-13-24(2,3)27(4)21-10-7-17(11-19(15)21)12-20-22(29)28(23(30)26-20)14-16-5-8-18(25)9-6-16/h5-13H,14H2,1-4H3,(H,26,30)/b20-12-. The minimum Gasteiger partial charge on any atom is -0.366 e. The van der Waals surface area contributed by atoms with Crippen LogP contribution in [0.1, 0.15) is 37.5 Å². The summed E-state index contributed by atoms with van der Waals surface area (Å²) >= 11 is 5.91. The van der Waals surface area contributed by atoms with Crippen molar-refractivity contribution in [3.63, 3.8) is 0 Å². The molecule has 2 aromatic rings. The number of carbonyl (C=O) groups excluding carboxylic acids is 2. The number of hydrogen-bond acceptors (Lipinski definition) is 3. The molecule has 154 valence electrons. The molecule has 5 nitrogen and oxygen atoms in total. The number of likely N-dealkylation sites (N-methyl/N-ethyl adjacent to an activating group) is 1. The Labute approximate surface area is 181 Å². The van der Waals surface area contributed by atoms with Crippen molar-refractivity contribution in [2.45, 2.75) is 32.9 Å². The highest BCUT2D eigenvalue weighted by Gasteiger charge is 2.34. The highest BCUT2D eigenvalue weighted by Crippen LogP contribution is 2.38. The van der Waals surface area contributed by atoms with E-state index < -0.39 is 6.03 Å². The second-order valence-electron chi connectivity index (χ2n) is 8.32. The van der Waals surface area contributed by atoms with E-state index in [0.717, 1.165) is 22.4 Å². The van der Waals surface area contributed by atoms with E-state index in [9.17, 15) is 9.59 Å². The number of anilines is 1. The first-order valence-corrected chi connectivity index (χ1v) is 10.2. The first-order chi connectivity index (χ1) is 14.2. The predicted molar refractivity (Wildman–Crippen MR) is 121 cm³/mol. The molecule has 0 aromatic heterocycles. The molecule has 0 aliphatic carbocycles. The molecule has 0 bridgehead atoms. The number of halogens is 1. The van der Waals surface area contributed by atoms with Crippen LogP contribution < -0.4 is 10.2 Å². The molecule has 2 aliphatic rings. The molecule has 1 N–H and O–H groups in total. The van der Waals surface area contributed by atoms with Crippen LogP contribution in [0.2, 0.25) is 5.02 Å². The van der Waals surface area contributed by atoms with E-state index in [4.69, 9.17) is 11.6 Å². The third-order valence-electron chi connectivity index (χ3n) is 5.77. The fourth-order valence-corrected chi connectivity index (χ4v) is 4.05. The van der Waals surface area contributed by atoms with Crippen molar-refractivity contribution in [2.75, 3.05) is 11.9 Å². The van der Waals surface area contributed by atoms with Crippen LogP contribution in [0.25, 0.3) is 11.6 Å². The molecule has 4 rings (SSSR count). The summed E-state index contributed by atoms with van der Waals surface area (Å²) in [5.74, 6) is -0.335. The first kappa shape index (κ1) is 20.2. The topological polar surface area (TPSA) is 52.7 Å². The number of hydrogen-bond donors (Lipinski definition) is 1. The van der Waals surface area contributed by atoms with E-state index in [0.29, 0.717) is 5.02 Å². The Morgan fingerprint density at radius 3 is 2.50 bits per heavy atom. The van der Waals surface area contributed by atoms with Crippen LogP contribution in [0, 0.1) is 0 Å². The van der Waals surface area contributed by atoms with E-state index in [2.05, 4.69) is 56.2 Å². The van der Waals surface area contributed by atoms with Crippen LogP contribution in [0.15, 0.2) is 54.2 Å². The average Bonchev–Trinajstić information content (AvgIpc) is 2.95. The molecule has 2 aromatic carbocycles. The zero-order valence-electron chi connectivity index (χ0n) is 17.5. The Morgan fingerprint density at radius 1 is 1.10 bits per heavy atom. The summed E-state index contributed by atoms with van der Waals surface area (Å²) in [5, 5.41) is 3.31. The molecular formula is C24H24ClN3O2. The second-order valence-corrected chi connectivity index (χ2v) is 8.76. The van der Waals surface area contributed by atoms with Crippen LogP contribution in [-0.2, 0) is 11.3 Å². The average molecular weight is 422 g/mol. The van der Waals surface area contributed by atoms with Crippen molar-refractivity contribution < 1.29 is 9.59 Å². The molecule has 0 saturated carbocycles. The Kier molecular flexibility index (Phi) is 4.94. The second kappa shape index (κ2) is 7.33. The third kappa shape index (κ3) is 3.61. The molecule has 30 heavy (non-hydrogen) atoms. The van der Waals surface area contributed by atoms with Crippen molar-refractivity contribution in [1.82, 2.24) is 10.2 Å². The fraction of sp³-hybridized carbons (Fsp3) is 0.250. The quantitative estimate of drug-likeness (QED) is 0.556. The highest BCUT2D eigenvalue weighted by atomic mass is 35.5. The van der Waals surface area contributed by atoms with Gasteiger partial charge in [0.25, 0.3) is 5.91 Å². The lowest BCUT2D eigenvalue weighted by Crippen LogP contribution is -2.42. The number of nitrogens with zero attached hydrogens (tertiary/aromatic N) is 2. The molecule has 0 radical (unpaired) electrons. The zero-order valence-corrected chi connectivity index (χ0v) is 18.2. The molecule has 6 heteroatoms. The minimum absolute atomic E-state index is 0.0609. The number of carbonyl (C=O) groups is 2. The van der Waals surface area contributed by atoms with Crippen LogP contribution in [-0.4, -0.2) is 29.4 Å². The van der Waals surface area contributed by atoms with Gasteiger partial charge in [0.1, 0.15) is 5.70 Å². The first-order valence-electron chi connectivity index (χ1n) is 9.82. The number of urea groups is 1. The van der Waals surface area contributed by atoms with Gasteiger partial charge in [-0.2, -0.15) is 0 Å². The number of nitrogens with one attached hydrogen (secondary N) is 1. The summed E-state index contributed by atoms with van der Waals surface area (Å²) in [6, 6.07) is 12.8. The van der Waals surface area contributed by atoms with E-state index in [-0.39, 0.29) is 23.7 Å². The molecule has 0 spiro atoms. The molecule has 2 aliphatic heterocycles. The summed E-state index contributed by atoms with van der Waals surface area (Å²) < 4.78 is 0. The molecule has 0 unspecified atom stereocenters. The zero-order chi connectivity index (χ0) is 21.6. The Balaban J connectivity index is 1.60. The van der Waals surface area contributed by atoms with Crippen LogP contribution in [0.5, 0.6) is 0 Å². The van der Waals surface area contributed by atoms with Crippen molar-refractivity contribution in [2.24, 2.45) is 0 Å². The van der Waals surface area contributed by atoms with Gasteiger partial charge in [0.05, 0.1) is 12.1 Å². The highest BCUT2D eigenvalue weighted by molar-refractivity contribution is 6.30. The fourth-order valence-electron chi connectivity index (χ4n) is 3.92. The van der Waals surface area contributed by atoms with Crippen molar-refractivity contribution in [3.8, 4) is 0 Å². The van der Waals surface area contributed by atoms with Gasteiger partial charge < -0.3 is 10.2 Å². The lowest BCUT2D eigenvalue weighted by molar-refractivity contribution is -0.123. The smallest absolute Gasteiger partial charge is 0.329 e. The van der Waals surface area contributed by atoms with Crippen molar-refractivity contribution in [3.05, 3.63) is 76.0 Å². The number of benzene rings is 2. The van der Waals surface area contributed by atoms with Crippen LogP contribution in [0.4, 0.5) is 10.5 Å². The summed E-state index contributed by atoms with van der Waals surface area (Å²) in [5.41, 5.74) is 5.39. The van der Waals surface area contributed by atoms with Gasteiger partial charge in [-0.15, -0.1) is 0 Å². The Hall–Kier alpha value is -3.05. The van der Waals surface area contributed by atoms with E-state index >= 15 is 0 Å². The molecule has 1 saturated heterocycles. The summed E-state index contributed by atoms with van der Waals surface area (Å²) in [7, 11) is 2.08. The van der Waals surface area contributed by atoms with Gasteiger partial charge in [-0.1, -0.05) is 35.9 Å². The van der Waals surface area contributed by atoms with Gasteiger partial charge in [-0.05, 0) is 67.8 Å². The maximum absolute atomic E-state index is 12.8. The monoisotopic (exact) mass is 421 g/mol. The van der Waals surface area contributed by atoms with Crippen molar-refractivity contribution in [1.29, 1.82) is 0 Å². The number of fused-ring (bicyclic) bond motifs is 1. The molecule has 3 amide bonds. The maximum atomic E-state index is 12.8. The van der Waals surface area contributed by atoms with E-state index in [1.165, 1.54) is 10.5 Å². The lowest BCUT2D eigenvalue weighted by atomic mass is 9.88. The normalized spacial score (nSPS) is 19.1. The van der Waals surface area contributed by atoms with Gasteiger partial charge in [0.15, 0.2) is 0 Å². The predicted octanol–water partition coefficient (Wildman–Crippen LogP) is 5.06. The third-order valence-corrected chi connectivity index (χ3v) is 6.02. The summed E-state index contributed by atoms with van der Waals surface area (Å²) in [4.78, 5) is 28.6. The number of allylic oxidation sites excluding steroid dienone is 1. The summed E-state index contributed by atoms with van der Waals surface area (Å²) in [6.45, 7) is 6.65. The van der Waals surface area contributed by atoms with E-state index in [1.807, 2.05) is 6.07 Å². The number of imide groups is 1. The van der Waals surface area contributed by atoms with Crippen LogP contribution >= 0.6 is 11.6 Å².